The van der Waals surface area contributed by atoms with Gasteiger partial charge in [0, 0.05) is 38.1 Å². The van der Waals surface area contributed by atoms with Gasteiger partial charge in [0.15, 0.2) is 0 Å². The van der Waals surface area contributed by atoms with E-state index in [1.165, 1.54) is 0 Å². The molecule has 2 aliphatic rings. The molecule has 1 atom stereocenters. The van der Waals surface area contributed by atoms with Crippen molar-refractivity contribution in [3.63, 3.8) is 0 Å². The van der Waals surface area contributed by atoms with Crippen molar-refractivity contribution in [1.82, 2.24) is 5.32 Å². The van der Waals surface area contributed by atoms with E-state index in [1.54, 1.807) is 18.1 Å². The van der Waals surface area contributed by atoms with Crippen LogP contribution in [0, 0.1) is 11.3 Å². The van der Waals surface area contributed by atoms with Gasteiger partial charge in [-0.05, 0) is 25.0 Å². The van der Waals surface area contributed by atoms with E-state index >= 15 is 0 Å². The number of hydrogen-bond donors (Lipinski definition) is 2. The fourth-order valence-electron chi connectivity index (χ4n) is 3.58. The lowest BCUT2D eigenvalue weighted by molar-refractivity contribution is -0.127. The van der Waals surface area contributed by atoms with Crippen LogP contribution in [-0.2, 0) is 14.3 Å². The summed E-state index contributed by atoms with van der Waals surface area (Å²) in [4.78, 5) is 26.6. The molecule has 1 aromatic carbocycles. The Morgan fingerprint density at radius 3 is 2.81 bits per heavy atom. The molecule has 7 nitrogen and oxygen atoms in total. The van der Waals surface area contributed by atoms with Gasteiger partial charge in [-0.1, -0.05) is 12.1 Å². The van der Waals surface area contributed by atoms with E-state index < -0.39 is 5.92 Å². The fraction of sp³-hybridized carbons (Fsp3) is 0.579. The van der Waals surface area contributed by atoms with Crippen LogP contribution in [0.4, 0.5) is 5.69 Å². The number of nitrogens with one attached hydrogen (secondary N) is 1. The number of ether oxygens (including phenoxy) is 2. The van der Waals surface area contributed by atoms with Gasteiger partial charge in [-0.15, -0.1) is 0 Å². The maximum Gasteiger partial charge on any atom is 0.227 e. The number of rotatable bonds is 6. The molecule has 0 aromatic heterocycles. The minimum Gasteiger partial charge on any atom is -0.495 e. The Labute approximate surface area is 153 Å². The van der Waals surface area contributed by atoms with E-state index in [9.17, 15) is 14.7 Å². The zero-order chi connectivity index (χ0) is 18.6. The number of benzene rings is 1. The molecule has 142 valence electrons. The summed E-state index contributed by atoms with van der Waals surface area (Å²) in [7, 11) is 1.56. The normalized spacial score (nSPS) is 22.3. The number of hydrogen-bond acceptors (Lipinski definition) is 5. The fourth-order valence-corrected chi connectivity index (χ4v) is 3.58. The quantitative estimate of drug-likeness (QED) is 0.787. The first-order valence-corrected chi connectivity index (χ1v) is 8.98. The summed E-state index contributed by atoms with van der Waals surface area (Å²) in [6.45, 7) is 1.96. The highest BCUT2D eigenvalue weighted by molar-refractivity contribution is 6.01. The van der Waals surface area contributed by atoms with Crippen LogP contribution in [0.2, 0.25) is 0 Å². The lowest BCUT2D eigenvalue weighted by atomic mass is 9.81. The molecule has 0 saturated carbocycles. The highest BCUT2D eigenvalue weighted by Gasteiger charge is 2.38. The Morgan fingerprint density at radius 1 is 1.38 bits per heavy atom. The molecule has 3 rings (SSSR count). The summed E-state index contributed by atoms with van der Waals surface area (Å²) in [5, 5.41) is 12.7. The van der Waals surface area contributed by atoms with Gasteiger partial charge in [0.05, 0.1) is 25.3 Å². The van der Waals surface area contributed by atoms with Gasteiger partial charge in [0.25, 0.3) is 0 Å². The van der Waals surface area contributed by atoms with Gasteiger partial charge in [0.1, 0.15) is 5.75 Å². The second-order valence-corrected chi connectivity index (χ2v) is 7.07. The highest BCUT2D eigenvalue weighted by atomic mass is 16.5. The number of anilines is 1. The maximum atomic E-state index is 12.6. The molecule has 0 bridgehead atoms. The van der Waals surface area contributed by atoms with Gasteiger partial charge in [-0.3, -0.25) is 9.59 Å². The predicted octanol–water partition coefficient (Wildman–Crippen LogP) is 0.953. The largest absolute Gasteiger partial charge is 0.495 e. The smallest absolute Gasteiger partial charge is 0.227 e. The van der Waals surface area contributed by atoms with Crippen molar-refractivity contribution in [3.05, 3.63) is 24.3 Å². The first kappa shape index (κ1) is 18.7. The summed E-state index contributed by atoms with van der Waals surface area (Å²) < 4.78 is 10.7. The molecule has 2 saturated heterocycles. The molecule has 0 unspecified atom stereocenters. The third kappa shape index (κ3) is 3.83. The van der Waals surface area contributed by atoms with E-state index in [0.717, 1.165) is 12.8 Å². The lowest BCUT2D eigenvalue weighted by Gasteiger charge is -2.35. The Kier molecular flexibility index (Phi) is 5.78. The maximum absolute atomic E-state index is 12.6. The van der Waals surface area contributed by atoms with E-state index in [4.69, 9.17) is 9.47 Å². The van der Waals surface area contributed by atoms with Crippen LogP contribution in [0.1, 0.15) is 19.3 Å². The van der Waals surface area contributed by atoms with E-state index in [2.05, 4.69) is 5.32 Å². The summed E-state index contributed by atoms with van der Waals surface area (Å²) in [5.41, 5.74) is 0.366. The Hall–Kier alpha value is -2.12. The van der Waals surface area contributed by atoms with E-state index in [1.807, 2.05) is 18.2 Å². The second-order valence-electron chi connectivity index (χ2n) is 7.07. The molecule has 26 heavy (non-hydrogen) atoms. The first-order chi connectivity index (χ1) is 12.6. The van der Waals surface area contributed by atoms with Crippen LogP contribution in [0.15, 0.2) is 24.3 Å². The summed E-state index contributed by atoms with van der Waals surface area (Å²) in [6.07, 6.45) is 1.63. The average Bonchev–Trinajstić information content (AvgIpc) is 3.08. The number of aliphatic hydroxyl groups excluding tert-OH is 1. The molecule has 0 spiro atoms. The third-order valence-electron chi connectivity index (χ3n) is 5.40. The molecule has 2 aliphatic heterocycles. The SMILES string of the molecule is COc1ccccc1N1C[C@H](C(=O)NCC2(CO)CCOCC2)CC1=O. The Balaban J connectivity index is 1.62. The predicted molar refractivity (Wildman–Crippen MR) is 96.0 cm³/mol. The Morgan fingerprint density at radius 2 is 2.12 bits per heavy atom. The summed E-state index contributed by atoms with van der Waals surface area (Å²) >= 11 is 0. The zero-order valence-corrected chi connectivity index (χ0v) is 15.1. The molecule has 0 aliphatic carbocycles. The third-order valence-corrected chi connectivity index (χ3v) is 5.40. The lowest BCUT2D eigenvalue weighted by Crippen LogP contribution is -2.45. The van der Waals surface area contributed by atoms with Crippen molar-refractivity contribution in [2.75, 3.05) is 44.9 Å². The molecule has 2 fully saturated rings. The monoisotopic (exact) mass is 362 g/mol. The van der Waals surface area contributed by atoms with Crippen molar-refractivity contribution < 1.29 is 24.2 Å². The number of methoxy groups -OCH3 is 1. The topological polar surface area (TPSA) is 88.1 Å². The molecular formula is C19H26N2O5. The van der Waals surface area contributed by atoms with Crippen LogP contribution in [-0.4, -0.2) is 56.9 Å². The molecule has 2 heterocycles. The molecule has 7 heteroatoms. The van der Waals surface area contributed by atoms with E-state index in [0.29, 0.717) is 37.7 Å². The number of nitrogens with zero attached hydrogens (tertiary/aromatic N) is 1. The minimum absolute atomic E-state index is 0.0214. The number of aliphatic hydroxyl groups is 1. The van der Waals surface area contributed by atoms with Gasteiger partial charge in [-0.2, -0.15) is 0 Å². The van der Waals surface area contributed by atoms with Crippen LogP contribution < -0.4 is 15.0 Å². The number of carbonyl (C=O) groups excluding carboxylic acids is 2. The molecular weight excluding hydrogens is 336 g/mol. The highest BCUT2D eigenvalue weighted by Crippen LogP contribution is 2.33. The van der Waals surface area contributed by atoms with Crippen molar-refractivity contribution in [2.45, 2.75) is 19.3 Å². The van der Waals surface area contributed by atoms with Crippen LogP contribution in [0.25, 0.3) is 0 Å². The van der Waals surface area contributed by atoms with Crippen LogP contribution in [0.3, 0.4) is 0 Å². The van der Waals surface area contributed by atoms with Crippen LogP contribution in [0.5, 0.6) is 5.75 Å². The second kappa shape index (κ2) is 8.05. The van der Waals surface area contributed by atoms with Crippen molar-refractivity contribution in [1.29, 1.82) is 0 Å². The molecule has 2 amide bonds. The van der Waals surface area contributed by atoms with Crippen molar-refractivity contribution in [2.24, 2.45) is 11.3 Å². The molecule has 1 aromatic rings. The zero-order valence-electron chi connectivity index (χ0n) is 15.1. The van der Waals surface area contributed by atoms with Gasteiger partial charge in [-0.25, -0.2) is 0 Å². The average molecular weight is 362 g/mol. The standard InChI is InChI=1S/C19H26N2O5/c1-25-16-5-3-2-4-15(16)21-11-14(10-17(21)23)18(24)20-12-19(13-22)6-8-26-9-7-19/h2-5,14,22H,6-13H2,1H3,(H,20,24)/t14-/m1/s1. The van der Waals surface area contributed by atoms with E-state index in [-0.39, 0.29) is 30.3 Å². The summed E-state index contributed by atoms with van der Waals surface area (Å²) in [6, 6.07) is 7.30. The van der Waals surface area contributed by atoms with Crippen molar-refractivity contribution >= 4 is 17.5 Å². The summed E-state index contributed by atoms with van der Waals surface area (Å²) in [5.74, 6) is -0.0148. The van der Waals surface area contributed by atoms with Gasteiger partial charge in [0.2, 0.25) is 11.8 Å². The first-order valence-electron chi connectivity index (χ1n) is 8.98. The van der Waals surface area contributed by atoms with Crippen LogP contribution >= 0.6 is 0 Å². The molecule has 0 radical (unpaired) electrons. The number of carbonyl (C=O) groups is 2. The number of amides is 2. The molecule has 2 N–H and O–H groups in total. The Bertz CT molecular complexity index is 657. The minimum atomic E-state index is -0.400. The number of para-hydroxylation sites is 2. The van der Waals surface area contributed by atoms with Gasteiger partial charge < -0.3 is 24.8 Å². The van der Waals surface area contributed by atoms with Crippen molar-refractivity contribution in [3.8, 4) is 5.75 Å². The van der Waals surface area contributed by atoms with Gasteiger partial charge >= 0.3 is 0 Å².